The van der Waals surface area contributed by atoms with E-state index in [9.17, 15) is 22.0 Å². The van der Waals surface area contributed by atoms with Crippen LogP contribution in [0.1, 0.15) is 6.92 Å². The smallest absolute Gasteiger partial charge is 0.211 e. The minimum Gasteiger partial charge on any atom is -0.211 e. The Kier molecular flexibility index (Phi) is 21.5. The van der Waals surface area contributed by atoms with Crippen molar-refractivity contribution in [1.82, 2.24) is 0 Å². The van der Waals surface area contributed by atoms with Crippen LogP contribution in [0, 0.1) is 0 Å². The summed E-state index contributed by atoms with van der Waals surface area (Å²) in [5.41, 5.74) is 0. The van der Waals surface area contributed by atoms with Crippen molar-refractivity contribution < 1.29 is 22.0 Å². The van der Waals surface area contributed by atoms with Crippen LogP contribution in [0.3, 0.4) is 0 Å². The molecule has 78 valence electrons. The maximum Gasteiger partial charge on any atom is 0.379 e. The Bertz CT molecular complexity index is 47.2. The van der Waals surface area contributed by atoms with Crippen molar-refractivity contribution in [3.63, 3.8) is 0 Å². The molecule has 0 nitrogen and oxygen atoms in total. The lowest BCUT2D eigenvalue weighted by molar-refractivity contribution is 0.00819. The van der Waals surface area contributed by atoms with Crippen LogP contribution >= 0.6 is 34.8 Å². The SMILES string of the molecule is CC(F)F.ClC(Cl)Cl.FC(F)F. The van der Waals surface area contributed by atoms with Crippen LogP contribution in [0.2, 0.25) is 0 Å². The van der Waals surface area contributed by atoms with E-state index in [1.54, 1.807) is 0 Å². The highest BCUT2D eigenvalue weighted by Crippen LogP contribution is 2.03. The van der Waals surface area contributed by atoms with E-state index in [1.807, 2.05) is 0 Å². The topological polar surface area (TPSA) is 0 Å². The highest BCUT2D eigenvalue weighted by atomic mass is 35.6. The first-order valence-corrected chi connectivity index (χ1v) is 3.63. The fraction of sp³-hybridized carbons (Fsp3) is 1.00. The predicted molar refractivity (Wildman–Crippen MR) is 40.1 cm³/mol. The second-order valence-corrected chi connectivity index (χ2v) is 2.99. The molecule has 0 radical (unpaired) electrons. The van der Waals surface area contributed by atoms with Gasteiger partial charge in [0.05, 0.1) is 0 Å². The maximum absolute atomic E-state index is 10.3. The Hall–Kier alpha value is 0.520. The van der Waals surface area contributed by atoms with E-state index in [2.05, 4.69) is 0 Å². The zero-order valence-corrected chi connectivity index (χ0v) is 8.02. The Balaban J connectivity index is -0.000000101. The molecule has 8 heteroatoms. The fourth-order valence-electron chi connectivity index (χ4n) is 0. The van der Waals surface area contributed by atoms with Gasteiger partial charge in [-0.2, -0.15) is 13.2 Å². The van der Waals surface area contributed by atoms with Crippen LogP contribution in [0.5, 0.6) is 0 Å². The lowest BCUT2D eigenvalue weighted by Crippen LogP contribution is -1.69. The summed E-state index contributed by atoms with van der Waals surface area (Å²) in [4.78, 5) is 0. The van der Waals surface area contributed by atoms with Crippen LogP contribution < -0.4 is 0 Å². The summed E-state index contributed by atoms with van der Waals surface area (Å²) in [6.45, 7) is -2.83. The van der Waals surface area contributed by atoms with Gasteiger partial charge in [-0.15, -0.1) is 0 Å². The monoisotopic (exact) mass is 254 g/mol. The van der Waals surface area contributed by atoms with Crippen molar-refractivity contribution in [1.29, 1.82) is 0 Å². The van der Waals surface area contributed by atoms with Gasteiger partial charge >= 0.3 is 6.68 Å². The predicted octanol–water partition coefficient (Wildman–Crippen LogP) is 4.44. The standard InChI is InChI=1S/C2H4F2.CHCl3.CHF3/c1-2(3)4;2*2-1(3)4/h2H,1H3;2*1H. The molecule has 0 N–H and O–H groups in total. The third kappa shape index (κ3) is 3530. The summed E-state index contributed by atoms with van der Waals surface area (Å²) in [6, 6.07) is 0. The molecule has 0 aromatic carbocycles. The first-order chi connectivity index (χ1) is 5.20. The highest BCUT2D eigenvalue weighted by Gasteiger charge is 1.86. The lowest BCUT2D eigenvalue weighted by atomic mass is 10.9. The molecule has 0 aliphatic heterocycles. The summed E-state index contributed by atoms with van der Waals surface area (Å²) < 4.78 is 48.9. The van der Waals surface area contributed by atoms with Crippen LogP contribution in [0.4, 0.5) is 22.0 Å². The van der Waals surface area contributed by atoms with Gasteiger partial charge in [0.15, 0.2) is 4.30 Å². The summed E-state index contributed by atoms with van der Waals surface area (Å²) in [5.74, 6) is 0. The number of alkyl halides is 8. The number of halogens is 8. The van der Waals surface area contributed by atoms with Gasteiger partial charge in [-0.25, -0.2) is 8.78 Å². The Morgan fingerprint density at radius 2 is 0.833 bits per heavy atom. The normalized spacial score (nSPS) is 9.00. The van der Waals surface area contributed by atoms with E-state index in [4.69, 9.17) is 34.8 Å². The molecule has 0 saturated heterocycles. The molecule has 0 aliphatic carbocycles. The van der Waals surface area contributed by atoms with Crippen LogP contribution in [0.15, 0.2) is 0 Å². The molecule has 0 spiro atoms. The molecule has 0 heterocycles. The summed E-state index contributed by atoms with van der Waals surface area (Å²) in [5, 5.41) is 0. The van der Waals surface area contributed by atoms with E-state index < -0.39 is 17.4 Å². The van der Waals surface area contributed by atoms with E-state index >= 15 is 0 Å². The summed E-state index contributed by atoms with van der Waals surface area (Å²) >= 11 is 14.4. The third-order valence-corrected chi connectivity index (χ3v) is 0. The average molecular weight is 255 g/mol. The van der Waals surface area contributed by atoms with Crippen molar-refractivity contribution in [2.45, 2.75) is 24.3 Å². The molecule has 0 bridgehead atoms. The molecule has 0 rings (SSSR count). The van der Waals surface area contributed by atoms with Crippen molar-refractivity contribution in [3.05, 3.63) is 0 Å². The first-order valence-electron chi connectivity index (χ1n) is 2.32. The van der Waals surface area contributed by atoms with Crippen LogP contribution in [-0.2, 0) is 0 Å². The van der Waals surface area contributed by atoms with Gasteiger partial charge in [-0.05, 0) is 6.92 Å². The van der Waals surface area contributed by atoms with Gasteiger partial charge in [0.25, 0.3) is 0 Å². The molecule has 0 atom stereocenters. The van der Waals surface area contributed by atoms with Gasteiger partial charge in [-0.3, -0.25) is 0 Å². The minimum absolute atomic E-state index is 0.750. The average Bonchev–Trinajstić information content (AvgIpc) is 1.54. The molecule has 0 unspecified atom stereocenters. The second kappa shape index (κ2) is 14.1. The van der Waals surface area contributed by atoms with Gasteiger partial charge in [0, 0.05) is 0 Å². The Morgan fingerprint density at radius 3 is 0.833 bits per heavy atom. The van der Waals surface area contributed by atoms with Gasteiger partial charge in [0.1, 0.15) is 0 Å². The molecule has 0 aliphatic rings. The molecular weight excluding hydrogens is 249 g/mol. The zero-order valence-electron chi connectivity index (χ0n) is 5.76. The van der Waals surface area contributed by atoms with Crippen molar-refractivity contribution in [3.8, 4) is 0 Å². The quantitative estimate of drug-likeness (QED) is 0.443. The number of rotatable bonds is 0. The van der Waals surface area contributed by atoms with Crippen LogP contribution in [0.25, 0.3) is 0 Å². The second-order valence-electron chi connectivity index (χ2n) is 1.01. The highest BCUT2D eigenvalue weighted by molar-refractivity contribution is 6.63. The minimum atomic E-state index is -3.67. The summed E-state index contributed by atoms with van der Waals surface area (Å²) in [6.07, 6.45) is -2.17. The molecule has 0 saturated carbocycles. The van der Waals surface area contributed by atoms with E-state index in [1.165, 1.54) is 0 Å². The molecule has 0 fully saturated rings. The van der Waals surface area contributed by atoms with Gasteiger partial charge < -0.3 is 0 Å². The molecular formula is C4H6Cl3F5. The molecule has 0 amide bonds. The first kappa shape index (κ1) is 18.3. The van der Waals surface area contributed by atoms with Gasteiger partial charge in [0.2, 0.25) is 6.43 Å². The van der Waals surface area contributed by atoms with Crippen molar-refractivity contribution >= 4 is 34.8 Å². The number of hydrogen-bond donors (Lipinski definition) is 0. The Labute approximate surface area is 81.6 Å². The maximum atomic E-state index is 10.3. The van der Waals surface area contributed by atoms with Crippen molar-refractivity contribution in [2.75, 3.05) is 0 Å². The number of hydrogen-bond acceptors (Lipinski definition) is 0. The largest absolute Gasteiger partial charge is 0.379 e. The molecule has 12 heavy (non-hydrogen) atoms. The lowest BCUT2D eigenvalue weighted by Gasteiger charge is -1.70. The van der Waals surface area contributed by atoms with E-state index in [0.717, 1.165) is 6.92 Å². The van der Waals surface area contributed by atoms with E-state index in [-0.39, 0.29) is 0 Å². The van der Waals surface area contributed by atoms with Crippen LogP contribution in [-0.4, -0.2) is 17.4 Å². The third-order valence-electron chi connectivity index (χ3n) is 0. The summed E-state index contributed by atoms with van der Waals surface area (Å²) in [7, 11) is 0. The van der Waals surface area contributed by atoms with Gasteiger partial charge in [-0.1, -0.05) is 34.8 Å². The Morgan fingerprint density at radius 1 is 0.833 bits per heavy atom. The zero-order chi connectivity index (χ0) is 10.7. The molecule has 0 aromatic heterocycles. The van der Waals surface area contributed by atoms with E-state index in [0.29, 0.717) is 0 Å². The fourth-order valence-corrected chi connectivity index (χ4v) is 0. The molecule has 0 aromatic rings. The van der Waals surface area contributed by atoms with Crippen molar-refractivity contribution in [2.24, 2.45) is 0 Å².